The molecule has 4 nitrogen and oxygen atoms in total. The second kappa shape index (κ2) is 7.95. The summed E-state index contributed by atoms with van der Waals surface area (Å²) in [6.07, 6.45) is 1.57. The van der Waals surface area contributed by atoms with Crippen molar-refractivity contribution in [2.45, 2.75) is 20.8 Å². The van der Waals surface area contributed by atoms with Gasteiger partial charge in [0.2, 0.25) is 5.89 Å². The summed E-state index contributed by atoms with van der Waals surface area (Å²) in [7, 11) is 0. The Bertz CT molecular complexity index is 1200. The van der Waals surface area contributed by atoms with Crippen LogP contribution in [0.2, 0.25) is 0 Å². The molecule has 1 aromatic heterocycles. The van der Waals surface area contributed by atoms with Crippen LogP contribution in [0.1, 0.15) is 27.0 Å². The zero-order valence-electron chi connectivity index (χ0n) is 17.0. The van der Waals surface area contributed by atoms with Crippen molar-refractivity contribution >= 4 is 11.6 Å². The minimum Gasteiger partial charge on any atom is -0.436 e. The van der Waals surface area contributed by atoms with Crippen molar-refractivity contribution in [3.8, 4) is 22.8 Å². The molecule has 4 aromatic rings. The fraction of sp³-hybridized carbons (Fsp3) is 0.120. The molecule has 1 heterocycles. The fourth-order valence-corrected chi connectivity index (χ4v) is 3.57. The SMILES string of the molecule is Cc1cc(C)c(NC(=O)c2ccccc2-c2ncc(-c3ccc(F)cc3)o2)c(C)c1. The predicted octanol–water partition coefficient (Wildman–Crippen LogP) is 6.33. The zero-order chi connectivity index (χ0) is 21.3. The van der Waals surface area contributed by atoms with Crippen molar-refractivity contribution in [3.05, 3.63) is 94.9 Å². The second-order valence-electron chi connectivity index (χ2n) is 7.31. The summed E-state index contributed by atoms with van der Waals surface area (Å²) in [5, 5.41) is 3.03. The number of hydrogen-bond donors (Lipinski definition) is 1. The molecule has 0 radical (unpaired) electrons. The number of benzene rings is 3. The van der Waals surface area contributed by atoms with Crippen LogP contribution in [0.4, 0.5) is 10.1 Å². The molecule has 0 atom stereocenters. The molecule has 0 aliphatic rings. The Balaban J connectivity index is 1.67. The van der Waals surface area contributed by atoms with E-state index < -0.39 is 0 Å². The summed E-state index contributed by atoms with van der Waals surface area (Å²) in [4.78, 5) is 17.4. The maximum atomic E-state index is 13.2. The minimum atomic E-state index is -0.317. The summed E-state index contributed by atoms with van der Waals surface area (Å²) in [5.74, 6) is 0.284. The largest absolute Gasteiger partial charge is 0.436 e. The van der Waals surface area contributed by atoms with Crippen LogP contribution >= 0.6 is 0 Å². The second-order valence-corrected chi connectivity index (χ2v) is 7.31. The number of halogens is 1. The predicted molar refractivity (Wildman–Crippen MR) is 116 cm³/mol. The van der Waals surface area contributed by atoms with Gasteiger partial charge in [0.1, 0.15) is 5.82 Å². The lowest BCUT2D eigenvalue weighted by atomic mass is 10.0. The number of oxazole rings is 1. The summed E-state index contributed by atoms with van der Waals surface area (Å²) < 4.78 is 19.1. The van der Waals surface area contributed by atoms with Gasteiger partial charge in [-0.05, 0) is 68.3 Å². The molecule has 1 N–H and O–H groups in total. The van der Waals surface area contributed by atoms with E-state index >= 15 is 0 Å². The number of amides is 1. The van der Waals surface area contributed by atoms with Gasteiger partial charge in [-0.15, -0.1) is 0 Å². The first-order valence-electron chi connectivity index (χ1n) is 9.63. The van der Waals surface area contributed by atoms with Gasteiger partial charge in [0, 0.05) is 16.8 Å². The normalized spacial score (nSPS) is 10.8. The molecule has 4 rings (SSSR count). The molecule has 1 amide bonds. The monoisotopic (exact) mass is 400 g/mol. The fourth-order valence-electron chi connectivity index (χ4n) is 3.57. The Hall–Kier alpha value is -3.73. The van der Waals surface area contributed by atoms with Gasteiger partial charge in [-0.3, -0.25) is 4.79 Å². The Morgan fingerprint density at radius 1 is 0.967 bits per heavy atom. The Morgan fingerprint density at radius 2 is 1.63 bits per heavy atom. The molecule has 5 heteroatoms. The van der Waals surface area contributed by atoms with Gasteiger partial charge in [0.15, 0.2) is 5.76 Å². The summed E-state index contributed by atoms with van der Waals surface area (Å²) in [6.45, 7) is 5.98. The van der Waals surface area contributed by atoms with Crippen molar-refractivity contribution in [2.75, 3.05) is 5.32 Å². The highest BCUT2D eigenvalue weighted by molar-refractivity contribution is 6.08. The Morgan fingerprint density at radius 3 is 2.33 bits per heavy atom. The van der Waals surface area contributed by atoms with Gasteiger partial charge in [-0.2, -0.15) is 0 Å². The van der Waals surface area contributed by atoms with Crippen molar-refractivity contribution in [1.29, 1.82) is 0 Å². The zero-order valence-corrected chi connectivity index (χ0v) is 17.0. The molecule has 0 bridgehead atoms. The molecule has 0 saturated carbocycles. The number of carbonyl (C=O) groups is 1. The quantitative estimate of drug-likeness (QED) is 0.436. The first-order valence-corrected chi connectivity index (χ1v) is 9.63. The molecular weight excluding hydrogens is 379 g/mol. The van der Waals surface area contributed by atoms with E-state index in [1.807, 2.05) is 39.0 Å². The summed E-state index contributed by atoms with van der Waals surface area (Å²) in [5.41, 5.74) is 5.73. The van der Waals surface area contributed by atoms with Gasteiger partial charge < -0.3 is 9.73 Å². The van der Waals surface area contributed by atoms with Gasteiger partial charge in [0.25, 0.3) is 5.91 Å². The van der Waals surface area contributed by atoms with E-state index in [1.54, 1.807) is 36.5 Å². The number of nitrogens with zero attached hydrogens (tertiary/aromatic N) is 1. The molecule has 30 heavy (non-hydrogen) atoms. The van der Waals surface area contributed by atoms with Crippen LogP contribution in [-0.2, 0) is 0 Å². The molecule has 0 fully saturated rings. The lowest BCUT2D eigenvalue weighted by Crippen LogP contribution is -2.15. The van der Waals surface area contributed by atoms with E-state index in [2.05, 4.69) is 10.3 Å². The van der Waals surface area contributed by atoms with Gasteiger partial charge in [-0.25, -0.2) is 9.37 Å². The highest BCUT2D eigenvalue weighted by Crippen LogP contribution is 2.29. The van der Waals surface area contributed by atoms with E-state index in [0.717, 1.165) is 22.4 Å². The van der Waals surface area contributed by atoms with Crippen molar-refractivity contribution in [2.24, 2.45) is 0 Å². The summed E-state index contributed by atoms with van der Waals surface area (Å²) in [6, 6.07) is 17.2. The Labute approximate surface area is 174 Å². The highest BCUT2D eigenvalue weighted by atomic mass is 19.1. The van der Waals surface area contributed by atoms with Crippen LogP contribution in [0.15, 0.2) is 71.3 Å². The maximum absolute atomic E-state index is 13.2. The van der Waals surface area contributed by atoms with Crippen LogP contribution in [0.3, 0.4) is 0 Å². The smallest absolute Gasteiger partial charge is 0.256 e. The standard InChI is InChI=1S/C25H21FN2O2/c1-15-12-16(2)23(17(3)13-15)28-24(29)20-6-4-5-7-21(20)25-27-14-22(30-25)18-8-10-19(26)11-9-18/h4-14H,1-3H3,(H,28,29). The van der Waals surface area contributed by atoms with Gasteiger partial charge >= 0.3 is 0 Å². The van der Waals surface area contributed by atoms with E-state index in [0.29, 0.717) is 28.3 Å². The topological polar surface area (TPSA) is 55.1 Å². The third-order valence-corrected chi connectivity index (χ3v) is 4.95. The molecule has 0 aliphatic heterocycles. The number of nitrogens with one attached hydrogen (secondary N) is 1. The first kappa shape index (κ1) is 19.6. The molecule has 150 valence electrons. The molecule has 0 unspecified atom stereocenters. The number of aromatic nitrogens is 1. The van der Waals surface area contributed by atoms with Crippen molar-refractivity contribution < 1.29 is 13.6 Å². The number of anilines is 1. The van der Waals surface area contributed by atoms with E-state index in [4.69, 9.17) is 4.42 Å². The van der Waals surface area contributed by atoms with E-state index in [9.17, 15) is 9.18 Å². The first-order chi connectivity index (χ1) is 14.4. The number of hydrogen-bond acceptors (Lipinski definition) is 3. The van der Waals surface area contributed by atoms with E-state index in [1.165, 1.54) is 12.1 Å². The minimum absolute atomic E-state index is 0.234. The van der Waals surface area contributed by atoms with E-state index in [-0.39, 0.29) is 11.7 Å². The number of rotatable bonds is 4. The average Bonchev–Trinajstić information content (AvgIpc) is 3.21. The van der Waals surface area contributed by atoms with Crippen LogP contribution < -0.4 is 5.32 Å². The lowest BCUT2D eigenvalue weighted by Gasteiger charge is -2.14. The number of carbonyl (C=O) groups excluding carboxylic acids is 1. The van der Waals surface area contributed by atoms with Crippen LogP contribution in [0.5, 0.6) is 0 Å². The van der Waals surface area contributed by atoms with Crippen molar-refractivity contribution in [3.63, 3.8) is 0 Å². The molecule has 0 aliphatic carbocycles. The van der Waals surface area contributed by atoms with Crippen LogP contribution in [0, 0.1) is 26.6 Å². The van der Waals surface area contributed by atoms with Crippen LogP contribution in [0.25, 0.3) is 22.8 Å². The maximum Gasteiger partial charge on any atom is 0.256 e. The summed E-state index contributed by atoms with van der Waals surface area (Å²) >= 11 is 0. The highest BCUT2D eigenvalue weighted by Gasteiger charge is 2.18. The number of aryl methyl sites for hydroxylation is 3. The van der Waals surface area contributed by atoms with Gasteiger partial charge in [-0.1, -0.05) is 29.8 Å². The third kappa shape index (κ3) is 3.87. The Kier molecular flexibility index (Phi) is 5.19. The van der Waals surface area contributed by atoms with Gasteiger partial charge in [0.05, 0.1) is 11.8 Å². The average molecular weight is 400 g/mol. The molecule has 0 spiro atoms. The van der Waals surface area contributed by atoms with Crippen LogP contribution in [-0.4, -0.2) is 10.9 Å². The molecule has 3 aromatic carbocycles. The van der Waals surface area contributed by atoms with Crippen molar-refractivity contribution in [1.82, 2.24) is 4.98 Å². The lowest BCUT2D eigenvalue weighted by molar-refractivity contribution is 0.102. The molecule has 0 saturated heterocycles. The third-order valence-electron chi connectivity index (χ3n) is 4.95. The molecular formula is C25H21FN2O2.